The van der Waals surface area contributed by atoms with Crippen molar-refractivity contribution in [3.05, 3.63) is 76.9 Å². The van der Waals surface area contributed by atoms with Crippen LogP contribution in [0.3, 0.4) is 0 Å². The third-order valence-electron chi connectivity index (χ3n) is 5.84. The summed E-state index contributed by atoms with van der Waals surface area (Å²) < 4.78 is 75.8. The monoisotopic (exact) mass is 520 g/mol. The van der Waals surface area contributed by atoms with Crippen LogP contribution in [0.25, 0.3) is 11.3 Å². The molecule has 5 rings (SSSR count). The molecule has 0 saturated heterocycles. The van der Waals surface area contributed by atoms with E-state index in [-0.39, 0.29) is 22.6 Å². The van der Waals surface area contributed by atoms with E-state index in [1.807, 2.05) is 0 Å². The van der Waals surface area contributed by atoms with E-state index in [0.717, 1.165) is 23.5 Å². The number of fused-ring (bicyclic) bond motifs is 1. The van der Waals surface area contributed by atoms with E-state index in [1.165, 1.54) is 35.3 Å². The normalized spacial score (nSPS) is 15.9. The number of thiazole rings is 1. The van der Waals surface area contributed by atoms with Crippen molar-refractivity contribution >= 4 is 26.5 Å². The molecule has 0 amide bonds. The fourth-order valence-corrected chi connectivity index (χ4v) is 6.01. The van der Waals surface area contributed by atoms with Gasteiger partial charge in [-0.2, -0.15) is 18.3 Å². The Kier molecular flexibility index (Phi) is 5.80. The van der Waals surface area contributed by atoms with Gasteiger partial charge in [-0.25, -0.2) is 13.4 Å². The molecule has 1 N–H and O–H groups in total. The van der Waals surface area contributed by atoms with E-state index >= 15 is 0 Å². The van der Waals surface area contributed by atoms with Crippen LogP contribution in [0.15, 0.2) is 65.1 Å². The molecule has 2 aromatic carbocycles. The van der Waals surface area contributed by atoms with Gasteiger partial charge < -0.3 is 4.74 Å². The van der Waals surface area contributed by atoms with Gasteiger partial charge in [0.25, 0.3) is 10.0 Å². The number of nitrogens with zero attached hydrogens (tertiary/aromatic N) is 3. The average Bonchev–Trinajstić information content (AvgIpc) is 3.48. The van der Waals surface area contributed by atoms with Crippen molar-refractivity contribution in [2.75, 3.05) is 11.3 Å². The van der Waals surface area contributed by atoms with Crippen LogP contribution >= 0.6 is 11.3 Å². The molecule has 0 bridgehead atoms. The van der Waals surface area contributed by atoms with Crippen molar-refractivity contribution in [3.8, 4) is 17.0 Å². The molecule has 1 atom stereocenters. The fraction of sp³-hybridized carbons (Fsp3) is 0.217. The number of anilines is 1. The van der Waals surface area contributed by atoms with Gasteiger partial charge in [-0.3, -0.25) is 9.40 Å². The summed E-state index contributed by atoms with van der Waals surface area (Å²) in [7, 11) is -2.22. The molecule has 0 spiro atoms. The minimum Gasteiger partial charge on any atom is -0.493 e. The Hall–Kier alpha value is -3.38. The molecule has 2 aromatic heterocycles. The molecule has 0 fully saturated rings. The molecule has 0 saturated carbocycles. The van der Waals surface area contributed by atoms with E-state index in [4.69, 9.17) is 4.74 Å². The first-order valence-corrected chi connectivity index (χ1v) is 12.9. The first-order valence-electron chi connectivity index (χ1n) is 10.5. The predicted molar refractivity (Wildman–Crippen MR) is 125 cm³/mol. The molecule has 1 aliphatic heterocycles. The molecule has 12 heteroatoms. The smallest absolute Gasteiger partial charge is 0.416 e. The van der Waals surface area contributed by atoms with Gasteiger partial charge >= 0.3 is 6.18 Å². The van der Waals surface area contributed by atoms with Crippen molar-refractivity contribution in [1.29, 1.82) is 0 Å². The zero-order chi connectivity index (χ0) is 24.8. The number of rotatable bonds is 5. The number of nitrogens with one attached hydrogen (secondary N) is 1. The highest BCUT2D eigenvalue weighted by molar-refractivity contribution is 7.93. The van der Waals surface area contributed by atoms with Gasteiger partial charge in [-0.05, 0) is 36.2 Å². The first-order chi connectivity index (χ1) is 16.6. The summed E-state index contributed by atoms with van der Waals surface area (Å²) in [5.41, 5.74) is 1.60. The Labute approximate surface area is 203 Å². The maximum Gasteiger partial charge on any atom is 0.416 e. The van der Waals surface area contributed by atoms with Crippen LogP contribution in [0.4, 0.5) is 18.3 Å². The Bertz CT molecular complexity index is 1480. The van der Waals surface area contributed by atoms with Gasteiger partial charge in [-0.15, -0.1) is 11.3 Å². The van der Waals surface area contributed by atoms with E-state index in [9.17, 15) is 21.6 Å². The molecular weight excluding hydrogens is 501 g/mol. The van der Waals surface area contributed by atoms with Crippen LogP contribution in [0.2, 0.25) is 0 Å². The Morgan fingerprint density at radius 3 is 2.60 bits per heavy atom. The minimum atomic E-state index is -4.49. The lowest BCUT2D eigenvalue weighted by Crippen LogP contribution is -2.18. The van der Waals surface area contributed by atoms with Crippen LogP contribution in [-0.2, 0) is 23.2 Å². The van der Waals surface area contributed by atoms with Gasteiger partial charge in [0, 0.05) is 47.9 Å². The maximum absolute atomic E-state index is 13.5. The maximum atomic E-state index is 13.5. The SMILES string of the molecule is Cn1nccc1-c1cc(C(F)(F)F)ccc1[C@@H]1CCOc2cc(S(=O)(=O)Nc3nccs3)ccc21. The molecule has 0 radical (unpaired) electrons. The molecule has 7 nitrogen and oxygen atoms in total. The summed E-state index contributed by atoms with van der Waals surface area (Å²) in [4.78, 5) is 3.95. The number of halogens is 3. The number of ether oxygens (including phenoxy) is 1. The van der Waals surface area contributed by atoms with Crippen LogP contribution < -0.4 is 9.46 Å². The second kappa shape index (κ2) is 8.68. The number of aryl methyl sites for hydroxylation is 1. The van der Waals surface area contributed by atoms with Gasteiger partial charge in [0.15, 0.2) is 5.13 Å². The summed E-state index contributed by atoms with van der Waals surface area (Å²) in [6.45, 7) is 0.285. The van der Waals surface area contributed by atoms with Crippen molar-refractivity contribution in [1.82, 2.24) is 14.8 Å². The highest BCUT2D eigenvalue weighted by Gasteiger charge is 2.33. The van der Waals surface area contributed by atoms with Gasteiger partial charge in [0.2, 0.25) is 0 Å². The first kappa shape index (κ1) is 23.4. The average molecular weight is 521 g/mol. The molecule has 3 heterocycles. The zero-order valence-corrected chi connectivity index (χ0v) is 19.9. The number of hydrogen-bond acceptors (Lipinski definition) is 6. The second-order valence-corrected chi connectivity index (χ2v) is 10.5. The number of aromatic nitrogens is 3. The van der Waals surface area contributed by atoms with E-state index in [2.05, 4.69) is 14.8 Å². The van der Waals surface area contributed by atoms with Crippen molar-refractivity contribution < 1.29 is 26.3 Å². The topological polar surface area (TPSA) is 86.1 Å². The van der Waals surface area contributed by atoms with E-state index in [0.29, 0.717) is 34.6 Å². The van der Waals surface area contributed by atoms with E-state index < -0.39 is 21.8 Å². The number of alkyl halides is 3. The van der Waals surface area contributed by atoms with Crippen molar-refractivity contribution in [2.45, 2.75) is 23.4 Å². The number of benzene rings is 2. The highest BCUT2D eigenvalue weighted by Crippen LogP contribution is 2.44. The highest BCUT2D eigenvalue weighted by atomic mass is 32.2. The minimum absolute atomic E-state index is 0.00590. The van der Waals surface area contributed by atoms with Gasteiger partial charge in [0.05, 0.1) is 22.8 Å². The standard InChI is InChI=1S/C23H19F3N4O3S2/c1-30-20(6-8-28-30)19-12-14(23(24,25)26)2-4-16(19)17-7-10-33-21-13-15(3-5-18(17)21)35(31,32)29-22-27-9-11-34-22/h2-6,8-9,11-13,17H,7,10H2,1H3,(H,27,29)/t17-/m0/s1. The summed E-state index contributed by atoms with van der Waals surface area (Å²) in [6.07, 6.45) is -0.948. The third kappa shape index (κ3) is 4.50. The van der Waals surface area contributed by atoms with Crippen LogP contribution in [0.1, 0.15) is 29.0 Å². The Morgan fingerprint density at radius 1 is 1.11 bits per heavy atom. The Morgan fingerprint density at radius 2 is 1.91 bits per heavy atom. The molecular formula is C23H19F3N4O3S2. The quantitative estimate of drug-likeness (QED) is 0.387. The molecule has 0 aliphatic carbocycles. The van der Waals surface area contributed by atoms with Crippen molar-refractivity contribution in [2.24, 2.45) is 7.05 Å². The lowest BCUT2D eigenvalue weighted by atomic mass is 9.83. The molecule has 35 heavy (non-hydrogen) atoms. The summed E-state index contributed by atoms with van der Waals surface area (Å²) >= 11 is 1.16. The number of hydrogen-bond donors (Lipinski definition) is 1. The largest absolute Gasteiger partial charge is 0.493 e. The molecule has 4 aromatic rings. The lowest BCUT2D eigenvalue weighted by Gasteiger charge is -2.28. The molecule has 182 valence electrons. The van der Waals surface area contributed by atoms with Gasteiger partial charge in [-0.1, -0.05) is 12.1 Å². The van der Waals surface area contributed by atoms with Gasteiger partial charge in [0.1, 0.15) is 5.75 Å². The van der Waals surface area contributed by atoms with Crippen LogP contribution in [0, 0.1) is 0 Å². The summed E-state index contributed by atoms with van der Waals surface area (Å²) in [6, 6.07) is 9.91. The number of sulfonamides is 1. The van der Waals surface area contributed by atoms with Crippen LogP contribution in [-0.4, -0.2) is 29.8 Å². The Balaban J connectivity index is 1.57. The molecule has 0 unspecified atom stereocenters. The lowest BCUT2D eigenvalue weighted by molar-refractivity contribution is -0.137. The van der Waals surface area contributed by atoms with Crippen molar-refractivity contribution in [3.63, 3.8) is 0 Å². The zero-order valence-electron chi connectivity index (χ0n) is 18.3. The predicted octanol–water partition coefficient (Wildman–Crippen LogP) is 5.28. The van der Waals surface area contributed by atoms with E-state index in [1.54, 1.807) is 24.6 Å². The van der Waals surface area contributed by atoms with Crippen LogP contribution in [0.5, 0.6) is 5.75 Å². The fourth-order valence-electron chi connectivity index (χ4n) is 4.20. The second-order valence-electron chi connectivity index (χ2n) is 7.97. The third-order valence-corrected chi connectivity index (χ3v) is 8.00. The summed E-state index contributed by atoms with van der Waals surface area (Å²) in [5, 5.41) is 6.02. The summed E-state index contributed by atoms with van der Waals surface area (Å²) in [5.74, 6) is 0.0775. The molecule has 1 aliphatic rings.